The van der Waals surface area contributed by atoms with Gasteiger partial charge in [0.25, 0.3) is 0 Å². The second-order valence-corrected chi connectivity index (χ2v) is 5.35. The lowest BCUT2D eigenvalue weighted by Crippen LogP contribution is -2.17. The van der Waals surface area contributed by atoms with Crippen LogP contribution in [-0.2, 0) is 13.1 Å². The Kier molecular flexibility index (Phi) is 5.06. The third kappa shape index (κ3) is 4.12. The number of halogens is 1. The van der Waals surface area contributed by atoms with Crippen molar-refractivity contribution in [2.75, 3.05) is 0 Å². The molecule has 1 aromatic heterocycles. The topological polar surface area (TPSA) is 17.0 Å². The number of aryl methyl sites for hydroxylation is 1. The summed E-state index contributed by atoms with van der Waals surface area (Å²) in [5.74, 6) is 0. The molecule has 1 aromatic carbocycles. The lowest BCUT2D eigenvalue weighted by Gasteiger charge is -2.13. The summed E-state index contributed by atoms with van der Waals surface area (Å²) < 4.78 is 2.24. The summed E-state index contributed by atoms with van der Waals surface area (Å²) >= 11 is 5.90. The summed E-state index contributed by atoms with van der Waals surface area (Å²) in [6, 6.07) is 10.5. The lowest BCUT2D eigenvalue weighted by molar-refractivity contribution is 0.573. The van der Waals surface area contributed by atoms with Crippen molar-refractivity contribution < 1.29 is 0 Å². The van der Waals surface area contributed by atoms with Crippen LogP contribution in [0.2, 0.25) is 5.02 Å². The van der Waals surface area contributed by atoms with E-state index in [2.05, 4.69) is 54.3 Å². The Hall–Kier alpha value is -1.25. The van der Waals surface area contributed by atoms with E-state index in [4.69, 9.17) is 11.6 Å². The summed E-state index contributed by atoms with van der Waals surface area (Å²) in [6.45, 7) is 6.35. The molecule has 0 saturated heterocycles. The van der Waals surface area contributed by atoms with Crippen molar-refractivity contribution in [3.05, 3.63) is 58.9 Å². The van der Waals surface area contributed by atoms with Crippen LogP contribution in [0.5, 0.6) is 0 Å². The molecule has 0 saturated carbocycles. The predicted octanol–water partition coefficient (Wildman–Crippen LogP) is 4.40. The van der Waals surface area contributed by atoms with Crippen molar-refractivity contribution in [2.24, 2.45) is 0 Å². The predicted molar refractivity (Wildman–Crippen MR) is 81.4 cm³/mol. The van der Waals surface area contributed by atoms with Gasteiger partial charge in [0.05, 0.1) is 0 Å². The molecule has 1 N–H and O–H groups in total. The van der Waals surface area contributed by atoms with Crippen LogP contribution in [0.4, 0.5) is 0 Å². The van der Waals surface area contributed by atoms with E-state index in [1.165, 1.54) is 17.5 Å². The Balaban J connectivity index is 1.88. The zero-order valence-corrected chi connectivity index (χ0v) is 12.3. The SMILES string of the molecule is CCCn1ccc(CNC(C)c2ccc(Cl)cc2)c1. The van der Waals surface area contributed by atoms with Gasteiger partial charge in [-0.05, 0) is 42.7 Å². The molecule has 0 fully saturated rings. The fourth-order valence-electron chi connectivity index (χ4n) is 2.13. The second-order valence-electron chi connectivity index (χ2n) is 4.91. The monoisotopic (exact) mass is 276 g/mol. The van der Waals surface area contributed by atoms with Gasteiger partial charge in [-0.2, -0.15) is 0 Å². The van der Waals surface area contributed by atoms with E-state index in [1.54, 1.807) is 0 Å². The Morgan fingerprint density at radius 2 is 1.95 bits per heavy atom. The number of nitrogens with zero attached hydrogens (tertiary/aromatic N) is 1. The number of hydrogen-bond acceptors (Lipinski definition) is 1. The highest BCUT2D eigenvalue weighted by Gasteiger charge is 2.05. The molecule has 3 heteroatoms. The first-order chi connectivity index (χ1) is 9.19. The van der Waals surface area contributed by atoms with Crippen LogP contribution < -0.4 is 5.32 Å². The molecule has 0 aliphatic carbocycles. The van der Waals surface area contributed by atoms with Gasteiger partial charge >= 0.3 is 0 Å². The van der Waals surface area contributed by atoms with Crippen molar-refractivity contribution in [2.45, 2.75) is 39.4 Å². The van der Waals surface area contributed by atoms with E-state index in [0.29, 0.717) is 6.04 Å². The molecule has 0 amide bonds. The van der Waals surface area contributed by atoms with Crippen molar-refractivity contribution in [3.8, 4) is 0 Å². The maximum Gasteiger partial charge on any atom is 0.0406 e. The first-order valence-corrected chi connectivity index (χ1v) is 7.20. The molecule has 1 heterocycles. The van der Waals surface area contributed by atoms with Gasteiger partial charge in [0, 0.05) is 36.5 Å². The van der Waals surface area contributed by atoms with E-state index in [0.717, 1.165) is 18.1 Å². The number of benzene rings is 1. The van der Waals surface area contributed by atoms with E-state index in [-0.39, 0.29) is 0 Å². The number of aromatic nitrogens is 1. The van der Waals surface area contributed by atoms with E-state index in [9.17, 15) is 0 Å². The van der Waals surface area contributed by atoms with E-state index in [1.807, 2.05) is 12.1 Å². The van der Waals surface area contributed by atoms with Crippen molar-refractivity contribution >= 4 is 11.6 Å². The summed E-state index contributed by atoms with van der Waals surface area (Å²) in [6.07, 6.45) is 5.53. The number of hydrogen-bond donors (Lipinski definition) is 1. The second kappa shape index (κ2) is 6.78. The highest BCUT2D eigenvalue weighted by atomic mass is 35.5. The zero-order valence-electron chi connectivity index (χ0n) is 11.6. The van der Waals surface area contributed by atoms with E-state index >= 15 is 0 Å². The molecule has 2 nitrogen and oxygen atoms in total. The molecule has 2 rings (SSSR count). The molecule has 0 aliphatic heterocycles. The van der Waals surface area contributed by atoms with Crippen LogP contribution >= 0.6 is 11.6 Å². The normalized spacial score (nSPS) is 12.6. The number of rotatable bonds is 6. The molecule has 102 valence electrons. The van der Waals surface area contributed by atoms with E-state index < -0.39 is 0 Å². The molecule has 1 atom stereocenters. The fraction of sp³-hybridized carbons (Fsp3) is 0.375. The molecule has 0 bridgehead atoms. The van der Waals surface area contributed by atoms with Crippen LogP contribution in [0.3, 0.4) is 0 Å². The molecule has 0 aliphatic rings. The summed E-state index contributed by atoms with van der Waals surface area (Å²) in [5, 5.41) is 4.32. The average Bonchev–Trinajstić information content (AvgIpc) is 2.85. The number of nitrogens with one attached hydrogen (secondary N) is 1. The molecular formula is C16H21ClN2. The van der Waals surface area contributed by atoms with Crippen LogP contribution in [0, 0.1) is 0 Å². The minimum absolute atomic E-state index is 0.326. The van der Waals surface area contributed by atoms with Gasteiger partial charge in [0.1, 0.15) is 0 Å². The highest BCUT2D eigenvalue weighted by molar-refractivity contribution is 6.30. The van der Waals surface area contributed by atoms with Crippen molar-refractivity contribution in [3.63, 3.8) is 0 Å². The largest absolute Gasteiger partial charge is 0.354 e. The van der Waals surface area contributed by atoms with Crippen LogP contribution in [0.1, 0.15) is 37.4 Å². The van der Waals surface area contributed by atoms with Gasteiger partial charge in [-0.15, -0.1) is 0 Å². The summed E-state index contributed by atoms with van der Waals surface area (Å²) in [7, 11) is 0. The maximum absolute atomic E-state index is 5.90. The molecule has 0 spiro atoms. The minimum Gasteiger partial charge on any atom is -0.354 e. The van der Waals surface area contributed by atoms with Crippen LogP contribution in [0.25, 0.3) is 0 Å². The summed E-state index contributed by atoms with van der Waals surface area (Å²) in [5.41, 5.74) is 2.59. The van der Waals surface area contributed by atoms with Gasteiger partial charge in [-0.3, -0.25) is 0 Å². The molecule has 19 heavy (non-hydrogen) atoms. The van der Waals surface area contributed by atoms with Gasteiger partial charge in [-0.25, -0.2) is 0 Å². The van der Waals surface area contributed by atoms with Crippen molar-refractivity contribution in [1.29, 1.82) is 0 Å². The van der Waals surface area contributed by atoms with Gasteiger partial charge in [0.2, 0.25) is 0 Å². The molecule has 0 radical (unpaired) electrons. The zero-order chi connectivity index (χ0) is 13.7. The summed E-state index contributed by atoms with van der Waals surface area (Å²) in [4.78, 5) is 0. The molecular weight excluding hydrogens is 256 g/mol. The molecule has 2 aromatic rings. The van der Waals surface area contributed by atoms with Crippen molar-refractivity contribution in [1.82, 2.24) is 9.88 Å². The Labute approximate surface area is 120 Å². The third-order valence-corrected chi connectivity index (χ3v) is 3.53. The minimum atomic E-state index is 0.326. The lowest BCUT2D eigenvalue weighted by atomic mass is 10.1. The van der Waals surface area contributed by atoms with Gasteiger partial charge in [0.15, 0.2) is 0 Å². The van der Waals surface area contributed by atoms with Gasteiger partial charge < -0.3 is 9.88 Å². The first-order valence-electron chi connectivity index (χ1n) is 6.82. The Morgan fingerprint density at radius 1 is 1.21 bits per heavy atom. The standard InChI is InChI=1S/C16H21ClN2/c1-3-9-19-10-8-14(12-19)11-18-13(2)15-4-6-16(17)7-5-15/h4-8,10,12-13,18H,3,9,11H2,1-2H3. The van der Waals surface area contributed by atoms with Gasteiger partial charge in [-0.1, -0.05) is 30.7 Å². The fourth-order valence-corrected chi connectivity index (χ4v) is 2.26. The Morgan fingerprint density at radius 3 is 2.63 bits per heavy atom. The third-order valence-electron chi connectivity index (χ3n) is 3.28. The highest BCUT2D eigenvalue weighted by Crippen LogP contribution is 2.16. The van der Waals surface area contributed by atoms with Crippen LogP contribution in [-0.4, -0.2) is 4.57 Å². The Bertz CT molecular complexity index is 502. The van der Waals surface area contributed by atoms with Crippen LogP contribution in [0.15, 0.2) is 42.7 Å². The smallest absolute Gasteiger partial charge is 0.0406 e. The first kappa shape index (κ1) is 14.2. The maximum atomic E-state index is 5.90. The molecule has 1 unspecified atom stereocenters. The quantitative estimate of drug-likeness (QED) is 0.827. The average molecular weight is 277 g/mol.